The molecule has 0 radical (unpaired) electrons. The van der Waals surface area contributed by atoms with Gasteiger partial charge >= 0.3 is 17.9 Å². The van der Waals surface area contributed by atoms with Crippen LogP contribution in [0.1, 0.15) is 20.8 Å². The summed E-state index contributed by atoms with van der Waals surface area (Å²) in [5.41, 5.74) is 0.754. The van der Waals surface area contributed by atoms with Crippen LogP contribution in [0.5, 0.6) is 5.75 Å². The third kappa shape index (κ3) is 13.8. The van der Waals surface area contributed by atoms with Gasteiger partial charge in [0, 0.05) is 16.7 Å². The number of carbonyl (C=O) groups is 3. The Labute approximate surface area is 141 Å². The summed E-state index contributed by atoms with van der Waals surface area (Å²) < 4.78 is 4.94. The minimum atomic E-state index is -0.935. The van der Waals surface area contributed by atoms with Crippen LogP contribution in [0.4, 0.5) is 0 Å². The topological polar surface area (TPSA) is 101 Å². The van der Waals surface area contributed by atoms with E-state index in [-0.39, 0.29) is 17.1 Å². The van der Waals surface area contributed by atoms with Crippen LogP contribution in [0.15, 0.2) is 66.8 Å². The molecule has 1 rings (SSSR count). The minimum Gasteiger partial charge on any atom is -0.478 e. The molecule has 0 aliphatic heterocycles. The summed E-state index contributed by atoms with van der Waals surface area (Å²) >= 11 is 0. The number of rotatable bonds is 4. The zero-order chi connectivity index (χ0) is 19.3. The van der Waals surface area contributed by atoms with Crippen LogP contribution in [-0.2, 0) is 14.4 Å². The summed E-state index contributed by atoms with van der Waals surface area (Å²) in [6.07, 6.45) is 0. The first-order chi connectivity index (χ1) is 11.0. The molecule has 1 aromatic rings. The maximum absolute atomic E-state index is 11.0. The first-order valence-electron chi connectivity index (χ1n) is 6.69. The van der Waals surface area contributed by atoms with Gasteiger partial charge < -0.3 is 14.9 Å². The van der Waals surface area contributed by atoms with Crippen molar-refractivity contribution in [2.75, 3.05) is 0 Å². The van der Waals surface area contributed by atoms with Gasteiger partial charge in [-0.1, -0.05) is 37.9 Å². The number of carboxylic acid groups (broad SMARTS) is 2. The zero-order valence-corrected chi connectivity index (χ0v) is 14.0. The van der Waals surface area contributed by atoms with Gasteiger partial charge in [0.25, 0.3) is 0 Å². The van der Waals surface area contributed by atoms with E-state index < -0.39 is 11.9 Å². The second-order valence-corrected chi connectivity index (χ2v) is 4.65. The molecule has 0 aliphatic rings. The van der Waals surface area contributed by atoms with E-state index in [1.165, 1.54) is 13.8 Å². The summed E-state index contributed by atoms with van der Waals surface area (Å²) in [7, 11) is 0. The molecule has 0 bridgehead atoms. The van der Waals surface area contributed by atoms with Crippen LogP contribution in [-0.4, -0.2) is 28.1 Å². The van der Waals surface area contributed by atoms with Crippen molar-refractivity contribution in [1.29, 1.82) is 0 Å². The third-order valence-electron chi connectivity index (χ3n) is 2.03. The summed E-state index contributed by atoms with van der Waals surface area (Å²) in [6, 6.07) is 8.92. The summed E-state index contributed by atoms with van der Waals surface area (Å²) in [5, 5.41) is 15.8. The highest BCUT2D eigenvalue weighted by atomic mass is 16.5. The molecule has 0 saturated carbocycles. The van der Waals surface area contributed by atoms with Crippen LogP contribution < -0.4 is 4.74 Å². The van der Waals surface area contributed by atoms with E-state index in [4.69, 9.17) is 14.9 Å². The van der Waals surface area contributed by atoms with E-state index in [0.717, 1.165) is 0 Å². The fourth-order valence-electron chi connectivity index (χ4n) is 0.683. The molecule has 6 nitrogen and oxygen atoms in total. The van der Waals surface area contributed by atoms with Gasteiger partial charge in [-0.05, 0) is 32.9 Å². The van der Waals surface area contributed by atoms with Crippen LogP contribution in [0.25, 0.3) is 0 Å². The highest BCUT2D eigenvalue weighted by Crippen LogP contribution is 2.09. The van der Waals surface area contributed by atoms with Gasteiger partial charge in [0.05, 0.1) is 0 Å². The molecular weight excluding hydrogens is 312 g/mol. The van der Waals surface area contributed by atoms with Crippen molar-refractivity contribution in [3.05, 3.63) is 66.8 Å². The van der Waals surface area contributed by atoms with Crippen molar-refractivity contribution in [3.8, 4) is 5.75 Å². The van der Waals surface area contributed by atoms with Crippen LogP contribution >= 0.6 is 0 Å². The van der Waals surface area contributed by atoms with Gasteiger partial charge in [-0.3, -0.25) is 0 Å². The number of esters is 1. The number of hydrogen-bond acceptors (Lipinski definition) is 4. The normalized spacial score (nSPS) is 8.29. The van der Waals surface area contributed by atoms with Gasteiger partial charge in [0.2, 0.25) is 0 Å². The average Bonchev–Trinajstić information content (AvgIpc) is 2.49. The molecule has 0 aromatic heterocycles. The van der Waals surface area contributed by atoms with Crippen molar-refractivity contribution in [2.45, 2.75) is 20.8 Å². The lowest BCUT2D eigenvalue weighted by atomic mass is 10.3. The van der Waals surface area contributed by atoms with E-state index in [0.29, 0.717) is 11.3 Å². The molecule has 0 heterocycles. The quantitative estimate of drug-likeness (QED) is 0.497. The maximum Gasteiger partial charge on any atom is 0.338 e. The fraction of sp³-hybridized carbons (Fsp3) is 0.167. The number of para-hydroxylation sites is 1. The SMILES string of the molecule is C=C(C)C(=O)O.C=C(C)C(=O)O.C=C(C)C(=O)Oc1ccccc1. The molecule has 2 N–H and O–H groups in total. The van der Waals surface area contributed by atoms with Gasteiger partial charge in [-0.15, -0.1) is 0 Å². The Morgan fingerprint density at radius 1 is 0.792 bits per heavy atom. The Kier molecular flexibility index (Phi) is 11.9. The van der Waals surface area contributed by atoms with Crippen LogP contribution in [0, 0.1) is 0 Å². The third-order valence-corrected chi connectivity index (χ3v) is 2.03. The van der Waals surface area contributed by atoms with Gasteiger partial charge in [-0.25, -0.2) is 14.4 Å². The number of benzene rings is 1. The van der Waals surface area contributed by atoms with E-state index in [9.17, 15) is 14.4 Å². The molecule has 0 spiro atoms. The van der Waals surface area contributed by atoms with Crippen LogP contribution in [0.2, 0.25) is 0 Å². The van der Waals surface area contributed by atoms with E-state index in [1.807, 2.05) is 6.07 Å². The van der Waals surface area contributed by atoms with Crippen molar-refractivity contribution < 1.29 is 29.3 Å². The Morgan fingerprint density at radius 2 is 1.12 bits per heavy atom. The average molecular weight is 334 g/mol. The molecule has 0 fully saturated rings. The monoisotopic (exact) mass is 334 g/mol. The lowest BCUT2D eigenvalue weighted by Gasteiger charge is -2.01. The largest absolute Gasteiger partial charge is 0.478 e. The lowest BCUT2D eigenvalue weighted by molar-refractivity contribution is -0.133. The second-order valence-electron chi connectivity index (χ2n) is 4.65. The highest BCUT2D eigenvalue weighted by molar-refractivity contribution is 5.88. The lowest BCUT2D eigenvalue weighted by Crippen LogP contribution is -2.07. The molecular formula is C18H22O6. The molecule has 0 unspecified atom stereocenters. The number of hydrogen-bond donors (Lipinski definition) is 2. The predicted octanol–water partition coefficient (Wildman–Crippen LogP) is 3.46. The van der Waals surface area contributed by atoms with Crippen molar-refractivity contribution in [3.63, 3.8) is 0 Å². The summed E-state index contributed by atoms with van der Waals surface area (Å²) in [5.74, 6) is -1.71. The molecule has 0 aliphatic carbocycles. The predicted molar refractivity (Wildman–Crippen MR) is 91.8 cm³/mol. The standard InChI is InChI=1S/C10H10O2.2C4H6O2/c1-8(2)10(11)12-9-6-4-3-5-7-9;2*1-3(2)4(5)6/h3-7H,1H2,2H3;2*1H2,2H3,(H,5,6). The van der Waals surface area contributed by atoms with E-state index >= 15 is 0 Å². The first-order valence-corrected chi connectivity index (χ1v) is 6.69. The number of aliphatic carboxylic acids is 2. The molecule has 130 valence electrons. The number of carbonyl (C=O) groups excluding carboxylic acids is 1. The Bertz CT molecular complexity index is 566. The Hall–Kier alpha value is -3.15. The highest BCUT2D eigenvalue weighted by Gasteiger charge is 2.03. The molecule has 0 atom stereocenters. The van der Waals surface area contributed by atoms with Gasteiger partial charge in [-0.2, -0.15) is 0 Å². The first kappa shape index (κ1) is 23.1. The van der Waals surface area contributed by atoms with E-state index in [2.05, 4.69) is 19.7 Å². The molecule has 1 aromatic carbocycles. The van der Waals surface area contributed by atoms with Crippen molar-refractivity contribution in [1.82, 2.24) is 0 Å². The summed E-state index contributed by atoms with van der Waals surface area (Å²) in [6.45, 7) is 14.3. The molecule has 0 amide bonds. The summed E-state index contributed by atoms with van der Waals surface area (Å²) in [4.78, 5) is 30.2. The number of carboxylic acids is 2. The van der Waals surface area contributed by atoms with Crippen LogP contribution in [0.3, 0.4) is 0 Å². The molecule has 6 heteroatoms. The van der Waals surface area contributed by atoms with E-state index in [1.54, 1.807) is 31.2 Å². The van der Waals surface area contributed by atoms with Gasteiger partial charge in [0.1, 0.15) is 5.75 Å². The number of ether oxygens (including phenoxy) is 1. The second kappa shape index (κ2) is 12.4. The minimum absolute atomic E-state index is 0.176. The molecule has 0 saturated heterocycles. The zero-order valence-electron chi connectivity index (χ0n) is 14.0. The maximum atomic E-state index is 11.0. The smallest absolute Gasteiger partial charge is 0.338 e. The van der Waals surface area contributed by atoms with Gasteiger partial charge in [0.15, 0.2) is 0 Å². The fourth-order valence-corrected chi connectivity index (χ4v) is 0.683. The van der Waals surface area contributed by atoms with Crippen molar-refractivity contribution in [2.24, 2.45) is 0 Å². The molecule has 24 heavy (non-hydrogen) atoms. The Balaban J connectivity index is 0. The van der Waals surface area contributed by atoms with Crippen molar-refractivity contribution >= 4 is 17.9 Å². The Morgan fingerprint density at radius 3 is 1.38 bits per heavy atom.